The lowest BCUT2D eigenvalue weighted by Gasteiger charge is -2.32. The van der Waals surface area contributed by atoms with Crippen LogP contribution in [0, 0.1) is 10.1 Å². The number of carbonyl (C=O) groups excluding carboxylic acids is 2. The number of hydrogen-bond donors (Lipinski definition) is 2. The third-order valence-electron chi connectivity index (χ3n) is 3.37. The summed E-state index contributed by atoms with van der Waals surface area (Å²) in [5.41, 5.74) is 2.29. The SMILES string of the molecule is CN1CCN(NC(=O)C(=O)Nc2ccc(Cl)c([N+](=O)[O-])c2)CC1. The summed E-state index contributed by atoms with van der Waals surface area (Å²) in [6.07, 6.45) is 0. The quantitative estimate of drug-likeness (QED) is 0.470. The normalized spacial score (nSPS) is 15.9. The fourth-order valence-corrected chi connectivity index (χ4v) is 2.22. The summed E-state index contributed by atoms with van der Waals surface area (Å²) in [4.78, 5) is 35.9. The summed E-state index contributed by atoms with van der Waals surface area (Å²) in [5.74, 6) is -1.73. The average molecular weight is 342 g/mol. The molecule has 0 unspecified atom stereocenters. The number of rotatable bonds is 3. The number of hydrogen-bond acceptors (Lipinski definition) is 6. The van der Waals surface area contributed by atoms with Crippen molar-refractivity contribution in [3.05, 3.63) is 33.3 Å². The molecule has 1 aliphatic heterocycles. The highest BCUT2D eigenvalue weighted by Gasteiger charge is 2.21. The molecule has 1 saturated heterocycles. The Morgan fingerprint density at radius 2 is 1.87 bits per heavy atom. The van der Waals surface area contributed by atoms with E-state index in [9.17, 15) is 19.7 Å². The third-order valence-corrected chi connectivity index (χ3v) is 3.69. The largest absolute Gasteiger partial charge is 0.323 e. The molecule has 0 atom stereocenters. The summed E-state index contributed by atoms with van der Waals surface area (Å²) >= 11 is 5.69. The Morgan fingerprint density at radius 3 is 2.48 bits per heavy atom. The van der Waals surface area contributed by atoms with E-state index in [0.29, 0.717) is 13.1 Å². The van der Waals surface area contributed by atoms with Gasteiger partial charge >= 0.3 is 11.8 Å². The molecule has 9 nitrogen and oxygen atoms in total. The van der Waals surface area contributed by atoms with Gasteiger partial charge in [-0.3, -0.25) is 25.1 Å². The van der Waals surface area contributed by atoms with Gasteiger partial charge in [0.25, 0.3) is 5.69 Å². The van der Waals surface area contributed by atoms with Crippen molar-refractivity contribution in [3.63, 3.8) is 0 Å². The Bertz CT molecular complexity index is 631. The Labute approximate surface area is 137 Å². The maximum absolute atomic E-state index is 11.9. The topological polar surface area (TPSA) is 108 Å². The lowest BCUT2D eigenvalue weighted by molar-refractivity contribution is -0.384. The van der Waals surface area contributed by atoms with Crippen LogP contribution in [0.25, 0.3) is 0 Å². The Hall–Kier alpha value is -2.23. The van der Waals surface area contributed by atoms with Crippen LogP contribution in [0.15, 0.2) is 18.2 Å². The minimum Gasteiger partial charge on any atom is -0.317 e. The highest BCUT2D eigenvalue weighted by atomic mass is 35.5. The fourth-order valence-electron chi connectivity index (χ4n) is 2.03. The van der Waals surface area contributed by atoms with Gasteiger partial charge in [0.1, 0.15) is 5.02 Å². The molecule has 0 bridgehead atoms. The van der Waals surface area contributed by atoms with E-state index in [1.54, 1.807) is 5.01 Å². The molecule has 2 N–H and O–H groups in total. The van der Waals surface area contributed by atoms with Crippen molar-refractivity contribution in [3.8, 4) is 0 Å². The van der Waals surface area contributed by atoms with E-state index >= 15 is 0 Å². The van der Waals surface area contributed by atoms with Gasteiger partial charge in [0, 0.05) is 37.9 Å². The summed E-state index contributed by atoms with van der Waals surface area (Å²) in [6, 6.07) is 3.77. The first-order chi connectivity index (χ1) is 10.9. The van der Waals surface area contributed by atoms with E-state index in [2.05, 4.69) is 15.6 Å². The molecule has 2 rings (SSSR count). The van der Waals surface area contributed by atoms with Crippen LogP contribution in [-0.4, -0.2) is 59.9 Å². The molecule has 0 saturated carbocycles. The van der Waals surface area contributed by atoms with Crippen molar-refractivity contribution in [1.29, 1.82) is 0 Å². The second-order valence-electron chi connectivity index (χ2n) is 5.11. The van der Waals surface area contributed by atoms with E-state index < -0.39 is 16.7 Å². The second-order valence-corrected chi connectivity index (χ2v) is 5.52. The highest BCUT2D eigenvalue weighted by Crippen LogP contribution is 2.27. The first-order valence-corrected chi connectivity index (χ1v) is 7.24. The summed E-state index contributed by atoms with van der Waals surface area (Å²) in [7, 11) is 1.97. The van der Waals surface area contributed by atoms with E-state index in [0.717, 1.165) is 19.2 Å². The number of amides is 2. The van der Waals surface area contributed by atoms with Crippen LogP contribution in [0.2, 0.25) is 5.02 Å². The van der Waals surface area contributed by atoms with Crippen molar-refractivity contribution in [2.75, 3.05) is 38.5 Å². The van der Waals surface area contributed by atoms with Crippen molar-refractivity contribution in [1.82, 2.24) is 15.3 Å². The molecule has 23 heavy (non-hydrogen) atoms. The number of halogens is 1. The number of benzene rings is 1. The number of hydrazine groups is 1. The Kier molecular flexibility index (Phi) is 5.48. The molecule has 0 radical (unpaired) electrons. The highest BCUT2D eigenvalue weighted by molar-refractivity contribution is 6.39. The van der Waals surface area contributed by atoms with Crippen molar-refractivity contribution < 1.29 is 14.5 Å². The third kappa shape index (κ3) is 4.62. The smallest absolute Gasteiger partial charge is 0.317 e. The van der Waals surface area contributed by atoms with Crippen molar-refractivity contribution in [2.24, 2.45) is 0 Å². The molecule has 2 amide bonds. The minimum atomic E-state index is -0.902. The second kappa shape index (κ2) is 7.36. The number of carbonyl (C=O) groups is 2. The number of anilines is 1. The average Bonchev–Trinajstić information content (AvgIpc) is 2.51. The summed E-state index contributed by atoms with van der Waals surface area (Å²) in [6.45, 7) is 2.79. The molecule has 1 heterocycles. The Morgan fingerprint density at radius 1 is 1.22 bits per heavy atom. The van der Waals surface area contributed by atoms with Gasteiger partial charge in [-0.25, -0.2) is 5.01 Å². The van der Waals surface area contributed by atoms with Crippen molar-refractivity contribution >= 4 is 34.8 Å². The van der Waals surface area contributed by atoms with Gasteiger partial charge in [-0.2, -0.15) is 0 Å². The van der Waals surface area contributed by atoms with Crippen LogP contribution >= 0.6 is 11.6 Å². The molecule has 0 aromatic heterocycles. The Balaban J connectivity index is 1.94. The molecule has 1 aromatic carbocycles. The molecular weight excluding hydrogens is 326 g/mol. The van der Waals surface area contributed by atoms with Gasteiger partial charge in [0.15, 0.2) is 0 Å². The predicted molar refractivity (Wildman–Crippen MR) is 83.9 cm³/mol. The molecule has 124 valence electrons. The van der Waals surface area contributed by atoms with E-state index in [4.69, 9.17) is 11.6 Å². The monoisotopic (exact) mass is 341 g/mol. The van der Waals surface area contributed by atoms with Gasteiger partial charge in [0.2, 0.25) is 0 Å². The number of nitro benzene ring substituents is 1. The van der Waals surface area contributed by atoms with Gasteiger partial charge in [-0.1, -0.05) is 11.6 Å². The van der Waals surface area contributed by atoms with Gasteiger partial charge in [0.05, 0.1) is 4.92 Å². The lowest BCUT2D eigenvalue weighted by atomic mass is 10.2. The zero-order valence-electron chi connectivity index (χ0n) is 12.4. The predicted octanol–water partition coefficient (Wildman–Crippen LogP) is 0.465. The van der Waals surface area contributed by atoms with Crippen LogP contribution in [0.4, 0.5) is 11.4 Å². The first-order valence-electron chi connectivity index (χ1n) is 6.86. The van der Waals surface area contributed by atoms with Crippen LogP contribution in [-0.2, 0) is 9.59 Å². The zero-order chi connectivity index (χ0) is 17.0. The number of nitro groups is 1. The minimum absolute atomic E-state index is 0.0464. The maximum atomic E-state index is 11.9. The lowest BCUT2D eigenvalue weighted by Crippen LogP contribution is -2.54. The van der Waals surface area contributed by atoms with Crippen molar-refractivity contribution in [2.45, 2.75) is 0 Å². The molecular formula is C13H16ClN5O4. The standard InChI is InChI=1S/C13H16ClN5O4/c1-17-4-6-18(7-5-17)16-13(21)12(20)15-9-2-3-10(14)11(8-9)19(22)23/h2-3,8H,4-7H2,1H3,(H,15,20)(H,16,21). The van der Waals surface area contributed by atoms with Crippen LogP contribution in [0.3, 0.4) is 0 Å². The number of nitrogens with one attached hydrogen (secondary N) is 2. The van der Waals surface area contributed by atoms with E-state index in [1.165, 1.54) is 12.1 Å². The summed E-state index contributed by atoms with van der Waals surface area (Å²) in [5, 5.41) is 14.7. The maximum Gasteiger partial charge on any atom is 0.323 e. The molecule has 1 fully saturated rings. The molecule has 1 aromatic rings. The van der Waals surface area contributed by atoms with Gasteiger partial charge < -0.3 is 10.2 Å². The molecule has 0 aliphatic carbocycles. The van der Waals surface area contributed by atoms with Crippen LogP contribution in [0.5, 0.6) is 0 Å². The first kappa shape index (κ1) is 17.1. The number of likely N-dealkylation sites (N-methyl/N-ethyl adjacent to an activating group) is 1. The van der Waals surface area contributed by atoms with Gasteiger partial charge in [-0.15, -0.1) is 0 Å². The fraction of sp³-hybridized carbons (Fsp3) is 0.385. The molecule has 10 heteroatoms. The molecule has 0 spiro atoms. The number of nitrogens with zero attached hydrogens (tertiary/aromatic N) is 3. The zero-order valence-corrected chi connectivity index (χ0v) is 13.2. The van der Waals surface area contributed by atoms with E-state index in [1.807, 2.05) is 7.05 Å². The number of piperazine rings is 1. The summed E-state index contributed by atoms with van der Waals surface area (Å²) < 4.78 is 0. The van der Waals surface area contributed by atoms with Crippen LogP contribution < -0.4 is 10.7 Å². The molecule has 1 aliphatic rings. The van der Waals surface area contributed by atoms with E-state index in [-0.39, 0.29) is 16.4 Å². The van der Waals surface area contributed by atoms with Gasteiger partial charge in [-0.05, 0) is 19.2 Å². The van der Waals surface area contributed by atoms with Crippen LogP contribution in [0.1, 0.15) is 0 Å².